The first-order chi connectivity index (χ1) is 5.70. The van der Waals surface area contributed by atoms with Crippen LogP contribution < -0.4 is 0 Å². The van der Waals surface area contributed by atoms with E-state index in [1.54, 1.807) is 23.4 Å². The SMILES string of the molecule is CN(C)/N=C/c1ccccc1O. The lowest BCUT2D eigenvalue weighted by Crippen LogP contribution is -2.01. The van der Waals surface area contributed by atoms with Crippen LogP contribution in [0.1, 0.15) is 5.56 Å². The molecule has 0 saturated carbocycles. The van der Waals surface area contributed by atoms with Crippen LogP contribution >= 0.6 is 0 Å². The fraction of sp³-hybridized carbons (Fsp3) is 0.222. The van der Waals surface area contributed by atoms with E-state index in [4.69, 9.17) is 0 Å². The Morgan fingerprint density at radius 2 is 2.00 bits per heavy atom. The monoisotopic (exact) mass is 164 g/mol. The number of aromatic hydroxyl groups is 1. The molecule has 0 aliphatic carbocycles. The molecule has 3 nitrogen and oxygen atoms in total. The van der Waals surface area contributed by atoms with Gasteiger partial charge in [0.15, 0.2) is 0 Å². The highest BCUT2D eigenvalue weighted by Crippen LogP contribution is 2.12. The van der Waals surface area contributed by atoms with Gasteiger partial charge in [-0.1, -0.05) is 12.1 Å². The van der Waals surface area contributed by atoms with Crippen LogP contribution in [-0.4, -0.2) is 30.4 Å². The van der Waals surface area contributed by atoms with Crippen molar-refractivity contribution in [2.45, 2.75) is 0 Å². The van der Waals surface area contributed by atoms with E-state index in [-0.39, 0.29) is 5.75 Å². The molecular weight excluding hydrogens is 152 g/mol. The van der Waals surface area contributed by atoms with E-state index in [2.05, 4.69) is 5.10 Å². The minimum Gasteiger partial charge on any atom is -0.507 e. The molecule has 0 aromatic heterocycles. The van der Waals surface area contributed by atoms with Gasteiger partial charge in [0.2, 0.25) is 0 Å². The summed E-state index contributed by atoms with van der Waals surface area (Å²) in [7, 11) is 3.66. The molecule has 0 spiro atoms. The Labute approximate surface area is 71.9 Å². The molecule has 12 heavy (non-hydrogen) atoms. The molecule has 1 aromatic carbocycles. The summed E-state index contributed by atoms with van der Waals surface area (Å²) in [5.41, 5.74) is 0.728. The average molecular weight is 164 g/mol. The molecule has 0 aliphatic rings. The highest BCUT2D eigenvalue weighted by atomic mass is 16.3. The summed E-state index contributed by atoms with van der Waals surface area (Å²) in [4.78, 5) is 0. The van der Waals surface area contributed by atoms with Gasteiger partial charge < -0.3 is 10.1 Å². The third-order valence-corrected chi connectivity index (χ3v) is 1.36. The first kappa shape index (κ1) is 8.59. The summed E-state index contributed by atoms with van der Waals surface area (Å²) in [5.74, 6) is 0.253. The molecule has 0 bridgehead atoms. The molecule has 1 aromatic rings. The van der Waals surface area contributed by atoms with Gasteiger partial charge in [-0.3, -0.25) is 0 Å². The second kappa shape index (κ2) is 3.76. The summed E-state index contributed by atoms with van der Waals surface area (Å²) in [6.45, 7) is 0. The number of para-hydroxylation sites is 1. The van der Waals surface area contributed by atoms with Crippen molar-refractivity contribution in [2.24, 2.45) is 5.10 Å². The minimum absolute atomic E-state index is 0.253. The molecule has 0 aliphatic heterocycles. The summed E-state index contributed by atoms with van der Waals surface area (Å²) in [5, 5.41) is 15.0. The second-order valence-corrected chi connectivity index (χ2v) is 2.65. The van der Waals surface area contributed by atoms with Crippen LogP contribution in [0.5, 0.6) is 5.75 Å². The van der Waals surface area contributed by atoms with E-state index >= 15 is 0 Å². The van der Waals surface area contributed by atoms with Crippen LogP contribution in [0.4, 0.5) is 0 Å². The van der Waals surface area contributed by atoms with Gasteiger partial charge >= 0.3 is 0 Å². The third kappa shape index (κ3) is 2.27. The third-order valence-electron chi connectivity index (χ3n) is 1.36. The van der Waals surface area contributed by atoms with Crippen molar-refractivity contribution in [3.8, 4) is 5.75 Å². The number of nitrogens with zero attached hydrogens (tertiary/aromatic N) is 2. The second-order valence-electron chi connectivity index (χ2n) is 2.65. The molecule has 0 saturated heterocycles. The summed E-state index contributed by atoms with van der Waals surface area (Å²) >= 11 is 0. The maximum atomic E-state index is 9.31. The Morgan fingerprint density at radius 1 is 1.33 bits per heavy atom. The van der Waals surface area contributed by atoms with Gasteiger partial charge in [0.05, 0.1) is 6.21 Å². The van der Waals surface area contributed by atoms with Gasteiger partial charge in [-0.05, 0) is 12.1 Å². The predicted molar refractivity (Wildman–Crippen MR) is 49.4 cm³/mol. The van der Waals surface area contributed by atoms with Crippen molar-refractivity contribution in [3.05, 3.63) is 29.8 Å². The molecule has 0 amide bonds. The molecule has 64 valence electrons. The van der Waals surface area contributed by atoms with Gasteiger partial charge in [0.25, 0.3) is 0 Å². The molecule has 0 radical (unpaired) electrons. The maximum absolute atomic E-state index is 9.31. The van der Waals surface area contributed by atoms with Crippen molar-refractivity contribution in [2.75, 3.05) is 14.1 Å². The van der Waals surface area contributed by atoms with E-state index in [0.717, 1.165) is 5.56 Å². The van der Waals surface area contributed by atoms with Crippen molar-refractivity contribution >= 4 is 6.21 Å². The van der Waals surface area contributed by atoms with Gasteiger partial charge in [-0.25, -0.2) is 0 Å². The number of hydrogen-bond acceptors (Lipinski definition) is 3. The number of phenols is 1. The normalized spacial score (nSPS) is 10.5. The predicted octanol–water partition coefficient (Wildman–Crippen LogP) is 1.29. The van der Waals surface area contributed by atoms with Crippen LogP contribution in [0.25, 0.3) is 0 Å². The van der Waals surface area contributed by atoms with E-state index in [9.17, 15) is 5.11 Å². The van der Waals surface area contributed by atoms with Crippen LogP contribution in [0, 0.1) is 0 Å². The largest absolute Gasteiger partial charge is 0.507 e. The first-order valence-electron chi connectivity index (χ1n) is 3.69. The summed E-state index contributed by atoms with van der Waals surface area (Å²) < 4.78 is 0. The zero-order chi connectivity index (χ0) is 8.97. The fourth-order valence-electron chi connectivity index (χ4n) is 0.774. The highest BCUT2D eigenvalue weighted by Gasteiger charge is 1.93. The first-order valence-corrected chi connectivity index (χ1v) is 3.69. The summed E-state index contributed by atoms with van der Waals surface area (Å²) in [6.07, 6.45) is 1.62. The number of phenolic OH excluding ortho intramolecular Hbond substituents is 1. The lowest BCUT2D eigenvalue weighted by molar-refractivity contribution is 0.439. The fourth-order valence-corrected chi connectivity index (χ4v) is 0.774. The van der Waals surface area contributed by atoms with E-state index < -0.39 is 0 Å². The molecular formula is C9H12N2O. The Morgan fingerprint density at radius 3 is 2.58 bits per heavy atom. The van der Waals surface area contributed by atoms with Crippen LogP contribution in [0.3, 0.4) is 0 Å². The molecule has 3 heteroatoms. The van der Waals surface area contributed by atoms with E-state index in [1.807, 2.05) is 26.2 Å². The Bertz CT molecular complexity index is 282. The molecule has 0 heterocycles. The van der Waals surface area contributed by atoms with Crippen molar-refractivity contribution < 1.29 is 5.11 Å². The van der Waals surface area contributed by atoms with E-state index in [0.29, 0.717) is 0 Å². The zero-order valence-electron chi connectivity index (χ0n) is 7.23. The topological polar surface area (TPSA) is 35.8 Å². The highest BCUT2D eigenvalue weighted by molar-refractivity contribution is 5.82. The van der Waals surface area contributed by atoms with Gasteiger partial charge in [-0.2, -0.15) is 5.10 Å². The van der Waals surface area contributed by atoms with Crippen molar-refractivity contribution in [1.29, 1.82) is 0 Å². The lowest BCUT2D eigenvalue weighted by atomic mass is 10.2. The van der Waals surface area contributed by atoms with Gasteiger partial charge in [0, 0.05) is 19.7 Å². The molecule has 1 N–H and O–H groups in total. The van der Waals surface area contributed by atoms with Crippen LogP contribution in [0.15, 0.2) is 29.4 Å². The number of benzene rings is 1. The maximum Gasteiger partial charge on any atom is 0.124 e. The van der Waals surface area contributed by atoms with E-state index in [1.165, 1.54) is 0 Å². The Kier molecular flexibility index (Phi) is 2.69. The van der Waals surface area contributed by atoms with Gasteiger partial charge in [-0.15, -0.1) is 0 Å². The molecule has 1 rings (SSSR count). The molecule has 0 fully saturated rings. The number of rotatable bonds is 2. The van der Waals surface area contributed by atoms with Crippen molar-refractivity contribution in [1.82, 2.24) is 5.01 Å². The number of hydrazone groups is 1. The Hall–Kier alpha value is -1.51. The Balaban J connectivity index is 2.82. The van der Waals surface area contributed by atoms with Crippen molar-refractivity contribution in [3.63, 3.8) is 0 Å². The smallest absolute Gasteiger partial charge is 0.124 e. The lowest BCUT2D eigenvalue weighted by Gasteiger charge is -2.02. The molecule has 0 unspecified atom stereocenters. The van der Waals surface area contributed by atoms with Crippen LogP contribution in [0.2, 0.25) is 0 Å². The number of hydrogen-bond donors (Lipinski definition) is 1. The molecule has 0 atom stereocenters. The zero-order valence-corrected chi connectivity index (χ0v) is 7.23. The average Bonchev–Trinajstić information content (AvgIpc) is 2.03. The quantitative estimate of drug-likeness (QED) is 0.528. The standard InChI is InChI=1S/C9H12N2O/c1-11(2)10-7-8-5-3-4-6-9(8)12/h3-7,12H,1-2H3/b10-7+. The van der Waals surface area contributed by atoms with Gasteiger partial charge in [0.1, 0.15) is 5.75 Å². The van der Waals surface area contributed by atoms with Crippen LogP contribution in [-0.2, 0) is 0 Å². The minimum atomic E-state index is 0.253. The summed E-state index contributed by atoms with van der Waals surface area (Å²) in [6, 6.07) is 7.08.